The smallest absolute Gasteiger partial charge is 0.319 e. The standard InChI is InChI=1S/C19H18N2O4S2/c1-24-13-3-5-15(16(9-13)25-2)21-19(23)20-10-14-4-6-17(27-14)18(22)12-7-8-26-11-12/h3-9,11H,10H2,1-2H3,(H2,20,21,23). The van der Waals surface area contributed by atoms with Gasteiger partial charge in [-0.25, -0.2) is 4.79 Å². The second kappa shape index (κ2) is 8.70. The predicted octanol–water partition coefficient (Wildman–Crippen LogP) is 4.38. The molecule has 0 spiro atoms. The van der Waals surface area contributed by atoms with E-state index in [2.05, 4.69) is 10.6 Å². The maximum Gasteiger partial charge on any atom is 0.319 e. The molecule has 2 aromatic heterocycles. The van der Waals surface area contributed by atoms with Crippen LogP contribution in [0.2, 0.25) is 0 Å². The van der Waals surface area contributed by atoms with Crippen LogP contribution in [0.15, 0.2) is 47.2 Å². The summed E-state index contributed by atoms with van der Waals surface area (Å²) in [6.45, 7) is 0.325. The van der Waals surface area contributed by atoms with Crippen molar-refractivity contribution in [1.82, 2.24) is 5.32 Å². The molecule has 2 heterocycles. The van der Waals surface area contributed by atoms with E-state index < -0.39 is 0 Å². The van der Waals surface area contributed by atoms with Crippen molar-refractivity contribution in [1.29, 1.82) is 0 Å². The highest BCUT2D eigenvalue weighted by Crippen LogP contribution is 2.29. The number of methoxy groups -OCH3 is 2. The third-order valence-electron chi connectivity index (χ3n) is 3.75. The van der Waals surface area contributed by atoms with Crippen molar-refractivity contribution in [2.24, 2.45) is 0 Å². The summed E-state index contributed by atoms with van der Waals surface area (Å²) in [4.78, 5) is 26.0. The van der Waals surface area contributed by atoms with E-state index in [0.29, 0.717) is 34.2 Å². The van der Waals surface area contributed by atoms with E-state index in [4.69, 9.17) is 9.47 Å². The topological polar surface area (TPSA) is 76.7 Å². The maximum atomic E-state index is 12.3. The van der Waals surface area contributed by atoms with Crippen LogP contribution in [0.25, 0.3) is 0 Å². The molecule has 0 saturated carbocycles. The van der Waals surface area contributed by atoms with Gasteiger partial charge in [0.1, 0.15) is 11.5 Å². The number of nitrogens with one attached hydrogen (secondary N) is 2. The van der Waals surface area contributed by atoms with E-state index in [1.54, 1.807) is 37.4 Å². The van der Waals surface area contributed by atoms with Crippen LogP contribution in [-0.4, -0.2) is 26.0 Å². The summed E-state index contributed by atoms with van der Waals surface area (Å²) < 4.78 is 10.4. The third-order valence-corrected chi connectivity index (χ3v) is 5.52. The van der Waals surface area contributed by atoms with Crippen molar-refractivity contribution >= 4 is 40.2 Å². The number of urea groups is 1. The molecule has 0 saturated heterocycles. The Morgan fingerprint density at radius 3 is 2.63 bits per heavy atom. The highest BCUT2D eigenvalue weighted by atomic mass is 32.1. The normalized spacial score (nSPS) is 10.3. The third kappa shape index (κ3) is 4.66. The average Bonchev–Trinajstić information content (AvgIpc) is 3.38. The van der Waals surface area contributed by atoms with Gasteiger partial charge in [-0.1, -0.05) is 0 Å². The van der Waals surface area contributed by atoms with Gasteiger partial charge in [0, 0.05) is 21.9 Å². The molecule has 0 bridgehead atoms. The lowest BCUT2D eigenvalue weighted by atomic mass is 10.2. The summed E-state index contributed by atoms with van der Waals surface area (Å²) in [7, 11) is 3.09. The lowest BCUT2D eigenvalue weighted by molar-refractivity contribution is 0.104. The molecule has 3 aromatic rings. The van der Waals surface area contributed by atoms with Gasteiger partial charge in [-0.05, 0) is 35.7 Å². The van der Waals surface area contributed by atoms with Gasteiger partial charge in [0.15, 0.2) is 0 Å². The van der Waals surface area contributed by atoms with Crippen LogP contribution in [0.5, 0.6) is 11.5 Å². The number of hydrogen-bond donors (Lipinski definition) is 2. The molecule has 2 N–H and O–H groups in total. The summed E-state index contributed by atoms with van der Waals surface area (Å²) >= 11 is 2.86. The lowest BCUT2D eigenvalue weighted by Crippen LogP contribution is -2.28. The molecule has 0 atom stereocenters. The summed E-state index contributed by atoms with van der Waals surface area (Å²) in [5.74, 6) is 1.14. The van der Waals surface area contributed by atoms with Crippen molar-refractivity contribution in [3.63, 3.8) is 0 Å². The molecule has 8 heteroatoms. The number of carbonyl (C=O) groups excluding carboxylic acids is 2. The maximum absolute atomic E-state index is 12.3. The molecule has 0 aliphatic rings. The minimum absolute atomic E-state index is 0.0000734. The number of hydrogen-bond acceptors (Lipinski definition) is 6. The SMILES string of the molecule is COc1ccc(NC(=O)NCc2ccc(C(=O)c3ccsc3)s2)c(OC)c1. The van der Waals surface area contributed by atoms with Gasteiger partial charge in [-0.3, -0.25) is 4.79 Å². The fourth-order valence-electron chi connectivity index (χ4n) is 2.37. The first-order valence-corrected chi connectivity index (χ1v) is 9.79. The second-order valence-corrected chi connectivity index (χ2v) is 7.43. The first kappa shape index (κ1) is 18.9. The van der Waals surface area contributed by atoms with Crippen molar-refractivity contribution < 1.29 is 19.1 Å². The molecule has 2 amide bonds. The number of benzene rings is 1. The van der Waals surface area contributed by atoms with E-state index in [1.807, 2.05) is 16.8 Å². The Labute approximate surface area is 164 Å². The number of thiophene rings is 2. The number of ether oxygens (including phenoxy) is 2. The molecule has 6 nitrogen and oxygen atoms in total. The monoisotopic (exact) mass is 402 g/mol. The van der Waals surface area contributed by atoms with Gasteiger partial charge in [0.05, 0.1) is 31.3 Å². The van der Waals surface area contributed by atoms with Gasteiger partial charge in [-0.15, -0.1) is 11.3 Å². The van der Waals surface area contributed by atoms with Crippen LogP contribution < -0.4 is 20.1 Å². The highest BCUT2D eigenvalue weighted by molar-refractivity contribution is 7.14. The molecule has 0 aliphatic heterocycles. The van der Waals surface area contributed by atoms with Crippen molar-refractivity contribution in [2.45, 2.75) is 6.54 Å². The number of carbonyl (C=O) groups is 2. The summed E-state index contributed by atoms with van der Waals surface area (Å²) in [5.41, 5.74) is 1.22. The van der Waals surface area contributed by atoms with Crippen LogP contribution in [-0.2, 0) is 6.54 Å². The Kier molecular flexibility index (Phi) is 6.10. The van der Waals surface area contributed by atoms with Crippen molar-refractivity contribution in [3.05, 3.63) is 62.5 Å². The fraction of sp³-hybridized carbons (Fsp3) is 0.158. The summed E-state index contributed by atoms with van der Waals surface area (Å²) in [6.07, 6.45) is 0. The zero-order chi connectivity index (χ0) is 19.2. The zero-order valence-electron chi connectivity index (χ0n) is 14.8. The molecule has 0 radical (unpaired) electrons. The second-order valence-electron chi connectivity index (χ2n) is 5.48. The Hall–Kier alpha value is -2.84. The molecule has 27 heavy (non-hydrogen) atoms. The van der Waals surface area contributed by atoms with E-state index in [0.717, 1.165) is 4.88 Å². The Bertz CT molecular complexity index is 935. The minimum atomic E-state index is -0.363. The summed E-state index contributed by atoms with van der Waals surface area (Å²) in [5, 5.41) is 9.23. The van der Waals surface area contributed by atoms with Gasteiger partial charge in [0.2, 0.25) is 5.78 Å². The van der Waals surface area contributed by atoms with Crippen LogP contribution in [0.3, 0.4) is 0 Å². The van der Waals surface area contributed by atoms with E-state index >= 15 is 0 Å². The molecule has 140 valence electrons. The number of anilines is 1. The lowest BCUT2D eigenvalue weighted by Gasteiger charge is -2.12. The molecule has 0 aliphatic carbocycles. The highest BCUT2D eigenvalue weighted by Gasteiger charge is 2.13. The molecule has 0 fully saturated rings. The number of rotatable bonds is 7. The van der Waals surface area contributed by atoms with Gasteiger partial charge in [0.25, 0.3) is 0 Å². The number of ketones is 1. The van der Waals surface area contributed by atoms with Crippen LogP contribution in [0, 0.1) is 0 Å². The van der Waals surface area contributed by atoms with Gasteiger partial charge in [-0.2, -0.15) is 11.3 Å². The molecule has 0 unspecified atom stereocenters. The van der Waals surface area contributed by atoms with Crippen LogP contribution >= 0.6 is 22.7 Å². The predicted molar refractivity (Wildman–Crippen MR) is 107 cm³/mol. The Balaban J connectivity index is 1.58. The van der Waals surface area contributed by atoms with E-state index in [-0.39, 0.29) is 11.8 Å². The molecular weight excluding hydrogens is 384 g/mol. The van der Waals surface area contributed by atoms with Crippen molar-refractivity contribution in [3.8, 4) is 11.5 Å². The zero-order valence-corrected chi connectivity index (χ0v) is 16.4. The number of amides is 2. The van der Waals surface area contributed by atoms with E-state index in [9.17, 15) is 9.59 Å². The average molecular weight is 402 g/mol. The quantitative estimate of drug-likeness (QED) is 0.575. The summed E-state index contributed by atoms with van der Waals surface area (Å²) in [6, 6.07) is 10.2. The first-order valence-electron chi connectivity index (χ1n) is 8.03. The van der Waals surface area contributed by atoms with Crippen LogP contribution in [0.4, 0.5) is 10.5 Å². The fourth-order valence-corrected chi connectivity index (χ4v) is 3.91. The van der Waals surface area contributed by atoms with Gasteiger partial charge >= 0.3 is 6.03 Å². The Morgan fingerprint density at radius 1 is 1.07 bits per heavy atom. The molecule has 3 rings (SSSR count). The minimum Gasteiger partial charge on any atom is -0.497 e. The van der Waals surface area contributed by atoms with Crippen molar-refractivity contribution in [2.75, 3.05) is 19.5 Å². The molecule has 1 aromatic carbocycles. The van der Waals surface area contributed by atoms with E-state index in [1.165, 1.54) is 29.8 Å². The first-order chi connectivity index (χ1) is 13.1. The largest absolute Gasteiger partial charge is 0.497 e. The molecular formula is C19H18N2O4S2. The van der Waals surface area contributed by atoms with Gasteiger partial charge < -0.3 is 20.1 Å². The Morgan fingerprint density at radius 2 is 1.93 bits per heavy atom. The van der Waals surface area contributed by atoms with Crippen LogP contribution in [0.1, 0.15) is 20.1 Å².